The van der Waals surface area contributed by atoms with Crippen LogP contribution in [0, 0.1) is 17.2 Å². The second-order valence-electron chi connectivity index (χ2n) is 4.60. The number of amides is 1. The SMILES string of the molecule is CC1(C(=O)NC(C#N)C2CC2)CCCS1. The number of rotatable bonds is 3. The van der Waals surface area contributed by atoms with E-state index in [0.29, 0.717) is 5.92 Å². The fourth-order valence-electron chi connectivity index (χ4n) is 1.94. The van der Waals surface area contributed by atoms with Gasteiger partial charge in [0.25, 0.3) is 0 Å². The average Bonchev–Trinajstić information content (AvgIpc) is 2.97. The molecule has 2 atom stereocenters. The maximum absolute atomic E-state index is 12.0. The van der Waals surface area contributed by atoms with Gasteiger partial charge in [0.2, 0.25) is 5.91 Å². The normalized spacial score (nSPS) is 32.0. The van der Waals surface area contributed by atoms with E-state index in [9.17, 15) is 4.79 Å². The monoisotopic (exact) mass is 224 g/mol. The van der Waals surface area contributed by atoms with Gasteiger partial charge in [0.05, 0.1) is 10.8 Å². The van der Waals surface area contributed by atoms with E-state index in [0.717, 1.165) is 31.4 Å². The minimum atomic E-state index is -0.288. The van der Waals surface area contributed by atoms with E-state index < -0.39 is 0 Å². The quantitative estimate of drug-likeness (QED) is 0.793. The molecular weight excluding hydrogens is 208 g/mol. The second kappa shape index (κ2) is 4.05. The summed E-state index contributed by atoms with van der Waals surface area (Å²) in [5, 5.41) is 11.8. The van der Waals surface area contributed by atoms with Gasteiger partial charge >= 0.3 is 0 Å². The highest BCUT2D eigenvalue weighted by atomic mass is 32.2. The van der Waals surface area contributed by atoms with Crippen molar-refractivity contribution in [2.24, 2.45) is 5.92 Å². The lowest BCUT2D eigenvalue weighted by Crippen LogP contribution is -2.45. The van der Waals surface area contributed by atoms with Gasteiger partial charge in [0.1, 0.15) is 6.04 Å². The minimum absolute atomic E-state index is 0.0588. The topological polar surface area (TPSA) is 52.9 Å². The number of carbonyl (C=O) groups excluding carboxylic acids is 1. The molecule has 3 nitrogen and oxygen atoms in total. The fraction of sp³-hybridized carbons (Fsp3) is 0.818. The highest BCUT2D eigenvalue weighted by molar-refractivity contribution is 8.01. The lowest BCUT2D eigenvalue weighted by atomic mass is 10.0. The largest absolute Gasteiger partial charge is 0.339 e. The van der Waals surface area contributed by atoms with Crippen LogP contribution in [0.4, 0.5) is 0 Å². The van der Waals surface area contributed by atoms with Gasteiger partial charge < -0.3 is 5.32 Å². The van der Waals surface area contributed by atoms with Crippen LogP contribution in [0.25, 0.3) is 0 Å². The molecule has 1 heterocycles. The van der Waals surface area contributed by atoms with Gasteiger partial charge in [-0.2, -0.15) is 5.26 Å². The first-order valence-electron chi connectivity index (χ1n) is 5.50. The molecule has 2 unspecified atom stereocenters. The van der Waals surface area contributed by atoms with Crippen LogP contribution in [0.3, 0.4) is 0 Å². The Morgan fingerprint density at radius 1 is 1.67 bits per heavy atom. The molecule has 15 heavy (non-hydrogen) atoms. The smallest absolute Gasteiger partial charge is 0.236 e. The third-order valence-corrected chi connectivity index (χ3v) is 4.74. The first kappa shape index (κ1) is 10.8. The average molecular weight is 224 g/mol. The fourth-order valence-corrected chi connectivity index (χ4v) is 3.16. The number of nitrogens with zero attached hydrogens (tertiary/aromatic N) is 1. The van der Waals surface area contributed by atoms with E-state index in [1.807, 2.05) is 6.92 Å². The van der Waals surface area contributed by atoms with E-state index in [4.69, 9.17) is 5.26 Å². The van der Waals surface area contributed by atoms with Crippen LogP contribution < -0.4 is 5.32 Å². The predicted octanol–water partition coefficient (Wildman–Crippen LogP) is 1.69. The summed E-state index contributed by atoms with van der Waals surface area (Å²) in [4.78, 5) is 12.0. The Balaban J connectivity index is 1.93. The molecule has 0 aromatic heterocycles. The molecule has 2 aliphatic rings. The summed E-state index contributed by atoms with van der Waals surface area (Å²) in [6.45, 7) is 1.99. The van der Waals surface area contributed by atoms with Crippen LogP contribution in [0.2, 0.25) is 0 Å². The molecule has 2 fully saturated rings. The van der Waals surface area contributed by atoms with E-state index in [1.54, 1.807) is 11.8 Å². The molecule has 1 aliphatic heterocycles. The highest BCUT2D eigenvalue weighted by Crippen LogP contribution is 2.39. The first-order chi connectivity index (χ1) is 7.15. The summed E-state index contributed by atoms with van der Waals surface area (Å²) in [7, 11) is 0. The molecule has 0 spiro atoms. The number of thioether (sulfide) groups is 1. The van der Waals surface area contributed by atoms with Crippen LogP contribution in [-0.2, 0) is 4.79 Å². The van der Waals surface area contributed by atoms with E-state index >= 15 is 0 Å². The Hall–Kier alpha value is -0.690. The van der Waals surface area contributed by atoms with Crippen molar-refractivity contribution in [3.05, 3.63) is 0 Å². The van der Waals surface area contributed by atoms with Gasteiger partial charge in [0, 0.05) is 0 Å². The molecular formula is C11H16N2OS. The van der Waals surface area contributed by atoms with Crippen LogP contribution in [0.15, 0.2) is 0 Å². The lowest BCUT2D eigenvalue weighted by molar-refractivity contribution is -0.123. The summed E-state index contributed by atoms with van der Waals surface area (Å²) < 4.78 is -0.288. The Labute approximate surface area is 94.6 Å². The van der Waals surface area contributed by atoms with Gasteiger partial charge in [-0.15, -0.1) is 11.8 Å². The standard InChI is InChI=1S/C11H16N2OS/c1-11(5-2-6-15-11)10(14)13-9(7-12)8-3-4-8/h8-9H,2-6H2,1H3,(H,13,14). The molecule has 0 aromatic rings. The Morgan fingerprint density at radius 3 is 2.87 bits per heavy atom. The summed E-state index contributed by atoms with van der Waals surface area (Å²) >= 11 is 1.72. The summed E-state index contributed by atoms with van der Waals surface area (Å²) in [6, 6.07) is 1.94. The molecule has 0 radical (unpaired) electrons. The third-order valence-electron chi connectivity index (χ3n) is 3.22. The zero-order valence-corrected chi connectivity index (χ0v) is 9.77. The number of nitriles is 1. The Morgan fingerprint density at radius 2 is 2.40 bits per heavy atom. The molecule has 1 saturated heterocycles. The maximum Gasteiger partial charge on any atom is 0.236 e. The first-order valence-corrected chi connectivity index (χ1v) is 6.49. The number of nitrogens with one attached hydrogen (secondary N) is 1. The van der Waals surface area contributed by atoms with E-state index in [1.165, 1.54) is 0 Å². The zero-order chi connectivity index (χ0) is 10.9. The molecule has 0 bridgehead atoms. The van der Waals surface area contributed by atoms with Crippen molar-refractivity contribution in [2.75, 3.05) is 5.75 Å². The molecule has 1 aliphatic carbocycles. The van der Waals surface area contributed by atoms with Crippen LogP contribution in [0.1, 0.15) is 32.6 Å². The predicted molar refractivity (Wildman–Crippen MR) is 60.4 cm³/mol. The van der Waals surface area contributed by atoms with Gasteiger partial charge in [-0.1, -0.05) is 0 Å². The Kier molecular flexibility index (Phi) is 2.92. The molecule has 2 rings (SSSR count). The van der Waals surface area contributed by atoms with Crippen molar-refractivity contribution in [2.45, 2.75) is 43.4 Å². The molecule has 1 N–H and O–H groups in total. The van der Waals surface area contributed by atoms with Crippen molar-refractivity contribution in [3.8, 4) is 6.07 Å². The molecule has 1 saturated carbocycles. The van der Waals surface area contributed by atoms with Gasteiger partial charge in [-0.25, -0.2) is 0 Å². The summed E-state index contributed by atoms with van der Waals surface area (Å²) in [5.74, 6) is 1.53. The van der Waals surface area contributed by atoms with Crippen molar-refractivity contribution in [3.63, 3.8) is 0 Å². The van der Waals surface area contributed by atoms with Crippen LogP contribution in [-0.4, -0.2) is 22.4 Å². The van der Waals surface area contributed by atoms with Gasteiger partial charge in [-0.3, -0.25) is 4.79 Å². The van der Waals surface area contributed by atoms with Crippen molar-refractivity contribution in [1.29, 1.82) is 5.26 Å². The lowest BCUT2D eigenvalue weighted by Gasteiger charge is -2.23. The highest BCUT2D eigenvalue weighted by Gasteiger charge is 2.40. The maximum atomic E-state index is 12.0. The third kappa shape index (κ3) is 2.28. The number of hydrogen-bond acceptors (Lipinski definition) is 3. The second-order valence-corrected chi connectivity index (χ2v) is 6.20. The number of carbonyl (C=O) groups is 1. The van der Waals surface area contributed by atoms with Crippen molar-refractivity contribution in [1.82, 2.24) is 5.32 Å². The molecule has 4 heteroatoms. The number of hydrogen-bond donors (Lipinski definition) is 1. The summed E-state index contributed by atoms with van der Waals surface area (Å²) in [6.07, 6.45) is 4.21. The minimum Gasteiger partial charge on any atom is -0.339 e. The molecule has 82 valence electrons. The molecule has 0 aromatic carbocycles. The van der Waals surface area contributed by atoms with E-state index in [-0.39, 0.29) is 16.7 Å². The van der Waals surface area contributed by atoms with Crippen LogP contribution in [0.5, 0.6) is 0 Å². The van der Waals surface area contributed by atoms with Crippen molar-refractivity contribution < 1.29 is 4.79 Å². The van der Waals surface area contributed by atoms with Crippen LogP contribution >= 0.6 is 11.8 Å². The van der Waals surface area contributed by atoms with Gasteiger partial charge in [-0.05, 0) is 44.3 Å². The summed E-state index contributed by atoms with van der Waals surface area (Å²) in [5.41, 5.74) is 0. The van der Waals surface area contributed by atoms with Gasteiger partial charge in [0.15, 0.2) is 0 Å². The van der Waals surface area contributed by atoms with E-state index in [2.05, 4.69) is 11.4 Å². The zero-order valence-electron chi connectivity index (χ0n) is 8.95. The Bertz CT molecular complexity index is 300. The molecule has 1 amide bonds. The van der Waals surface area contributed by atoms with Crippen molar-refractivity contribution >= 4 is 17.7 Å².